The van der Waals surface area contributed by atoms with Crippen molar-refractivity contribution >= 4 is 33.8 Å². The lowest BCUT2D eigenvalue weighted by Crippen LogP contribution is -2.02. The first-order chi connectivity index (χ1) is 14.7. The minimum Gasteiger partial charge on any atom is -0.382 e. The summed E-state index contributed by atoms with van der Waals surface area (Å²) in [5, 5.41) is 10.3. The molecule has 2 N–H and O–H groups in total. The molecule has 0 saturated carbocycles. The molecule has 0 aliphatic carbocycles. The summed E-state index contributed by atoms with van der Waals surface area (Å²) in [6, 6.07) is 18.8. The van der Waals surface area contributed by atoms with Gasteiger partial charge in [-0.15, -0.1) is 11.6 Å². The number of anilines is 1. The SMILES string of the molecule is C.Nc1ncnn2c(CCCCl)cc(-c3ccc4cn(Cc5ccccc5)nc4c3)c12. The van der Waals surface area contributed by atoms with E-state index in [0.29, 0.717) is 11.7 Å². The van der Waals surface area contributed by atoms with Crippen LogP contribution in [0.1, 0.15) is 25.1 Å². The number of nitrogens with two attached hydrogens (primary N) is 1. The van der Waals surface area contributed by atoms with Crippen molar-refractivity contribution in [3.05, 3.63) is 78.4 Å². The molecule has 31 heavy (non-hydrogen) atoms. The molecule has 7 heteroatoms. The first-order valence-electron chi connectivity index (χ1n) is 9.91. The van der Waals surface area contributed by atoms with E-state index in [4.69, 9.17) is 22.4 Å². The number of aryl methyl sites for hydroxylation is 1. The van der Waals surface area contributed by atoms with Crippen LogP contribution in [0.2, 0.25) is 0 Å². The zero-order chi connectivity index (χ0) is 20.5. The van der Waals surface area contributed by atoms with E-state index >= 15 is 0 Å². The highest BCUT2D eigenvalue weighted by Gasteiger charge is 2.16. The van der Waals surface area contributed by atoms with Gasteiger partial charge in [-0.25, -0.2) is 9.50 Å². The van der Waals surface area contributed by atoms with Gasteiger partial charge < -0.3 is 5.73 Å². The Hall–Kier alpha value is -3.38. The molecule has 5 aromatic rings. The Morgan fingerprint density at radius 1 is 1.03 bits per heavy atom. The first kappa shape index (κ1) is 20.9. The third-order valence-electron chi connectivity index (χ3n) is 5.28. The van der Waals surface area contributed by atoms with Gasteiger partial charge in [0.25, 0.3) is 0 Å². The predicted octanol–water partition coefficient (Wildman–Crippen LogP) is 5.18. The summed E-state index contributed by atoms with van der Waals surface area (Å²) in [5.41, 5.74) is 12.3. The van der Waals surface area contributed by atoms with Crippen LogP contribution in [0.4, 0.5) is 5.82 Å². The second-order valence-electron chi connectivity index (χ2n) is 7.33. The first-order valence-corrected chi connectivity index (χ1v) is 10.4. The number of aromatic nitrogens is 5. The van der Waals surface area contributed by atoms with Gasteiger partial charge in [0.1, 0.15) is 11.8 Å². The zero-order valence-electron chi connectivity index (χ0n) is 16.4. The molecule has 0 radical (unpaired) electrons. The van der Waals surface area contributed by atoms with Crippen LogP contribution < -0.4 is 5.73 Å². The molecule has 6 nitrogen and oxygen atoms in total. The lowest BCUT2D eigenvalue weighted by Gasteiger charge is -2.03. The monoisotopic (exact) mass is 432 g/mol. The average molecular weight is 433 g/mol. The topological polar surface area (TPSA) is 74.0 Å². The van der Waals surface area contributed by atoms with Gasteiger partial charge in [0.15, 0.2) is 5.82 Å². The molecule has 0 unspecified atom stereocenters. The number of rotatable bonds is 6. The normalized spacial score (nSPS) is 11.1. The number of alkyl halides is 1. The molecule has 158 valence electrons. The summed E-state index contributed by atoms with van der Waals surface area (Å²) in [6.07, 6.45) is 5.27. The molecule has 0 fully saturated rings. The van der Waals surface area contributed by atoms with E-state index in [0.717, 1.165) is 52.6 Å². The van der Waals surface area contributed by atoms with Gasteiger partial charge in [0.2, 0.25) is 0 Å². The second kappa shape index (κ2) is 8.78. The Kier molecular flexibility index (Phi) is 5.91. The molecule has 0 spiro atoms. The summed E-state index contributed by atoms with van der Waals surface area (Å²) < 4.78 is 3.85. The van der Waals surface area contributed by atoms with Crippen LogP contribution in [-0.2, 0) is 13.0 Å². The fourth-order valence-electron chi connectivity index (χ4n) is 3.87. The van der Waals surface area contributed by atoms with Crippen molar-refractivity contribution in [2.75, 3.05) is 11.6 Å². The standard InChI is InChI=1S/C23H21ClN6.CH4/c24-10-4-7-19-12-20(22-23(25)26-15-27-30(19)22)17-8-9-18-14-29(28-21(18)11-17)13-16-5-2-1-3-6-16;/h1-3,5-6,8-9,11-12,14-15H,4,7,10,13H2,(H2,25,26,27);1H4. The Bertz CT molecular complexity index is 1320. The molecular weight excluding hydrogens is 408 g/mol. The maximum Gasteiger partial charge on any atom is 0.151 e. The molecular formula is C24H25ClN6. The summed E-state index contributed by atoms with van der Waals surface area (Å²) in [5.74, 6) is 1.07. The van der Waals surface area contributed by atoms with Crippen LogP contribution >= 0.6 is 11.6 Å². The van der Waals surface area contributed by atoms with Gasteiger partial charge in [0, 0.05) is 28.7 Å². The highest BCUT2D eigenvalue weighted by atomic mass is 35.5. The lowest BCUT2D eigenvalue weighted by atomic mass is 10.0. The van der Waals surface area contributed by atoms with Crippen LogP contribution in [-0.4, -0.2) is 30.3 Å². The number of fused-ring (bicyclic) bond motifs is 2. The van der Waals surface area contributed by atoms with Crippen LogP contribution in [0.5, 0.6) is 0 Å². The maximum atomic E-state index is 6.22. The fraction of sp³-hybridized carbons (Fsp3) is 0.208. The lowest BCUT2D eigenvalue weighted by molar-refractivity contribution is 0.696. The molecule has 0 aliphatic rings. The molecule has 0 atom stereocenters. The number of halogens is 1. The van der Waals surface area contributed by atoms with Gasteiger partial charge in [-0.2, -0.15) is 10.2 Å². The van der Waals surface area contributed by atoms with Crippen LogP contribution in [0.15, 0.2) is 67.1 Å². The van der Waals surface area contributed by atoms with E-state index in [9.17, 15) is 0 Å². The van der Waals surface area contributed by atoms with Crippen molar-refractivity contribution in [3.63, 3.8) is 0 Å². The minimum atomic E-state index is 0. The number of nitrogens with zero attached hydrogens (tertiary/aromatic N) is 5. The van der Waals surface area contributed by atoms with Crippen molar-refractivity contribution < 1.29 is 0 Å². The smallest absolute Gasteiger partial charge is 0.151 e. The number of benzene rings is 2. The fourth-order valence-corrected chi connectivity index (χ4v) is 4.00. The highest BCUT2D eigenvalue weighted by Crippen LogP contribution is 2.32. The molecule has 0 aliphatic heterocycles. The molecule has 0 bridgehead atoms. The van der Waals surface area contributed by atoms with E-state index in [1.165, 1.54) is 11.9 Å². The number of hydrogen-bond acceptors (Lipinski definition) is 4. The quantitative estimate of drug-likeness (QED) is 0.375. The van der Waals surface area contributed by atoms with Crippen LogP contribution in [0.3, 0.4) is 0 Å². The zero-order valence-corrected chi connectivity index (χ0v) is 17.1. The van der Waals surface area contributed by atoms with Gasteiger partial charge in [0.05, 0.1) is 12.1 Å². The average Bonchev–Trinajstić information content (AvgIpc) is 3.34. The summed E-state index contributed by atoms with van der Waals surface area (Å²) in [6.45, 7) is 0.739. The van der Waals surface area contributed by atoms with E-state index in [1.807, 2.05) is 27.4 Å². The van der Waals surface area contributed by atoms with E-state index in [1.54, 1.807) is 0 Å². The van der Waals surface area contributed by atoms with Crippen molar-refractivity contribution in [2.45, 2.75) is 26.8 Å². The molecule has 3 aromatic heterocycles. The van der Waals surface area contributed by atoms with Crippen LogP contribution in [0.25, 0.3) is 27.5 Å². The molecule has 3 heterocycles. The molecule has 0 amide bonds. The summed E-state index contributed by atoms with van der Waals surface area (Å²) in [4.78, 5) is 4.20. The second-order valence-corrected chi connectivity index (χ2v) is 7.71. The van der Waals surface area contributed by atoms with E-state index < -0.39 is 0 Å². The van der Waals surface area contributed by atoms with Crippen molar-refractivity contribution in [1.82, 2.24) is 24.4 Å². The van der Waals surface area contributed by atoms with Crippen LogP contribution in [0, 0.1) is 0 Å². The molecule has 0 saturated heterocycles. The Morgan fingerprint density at radius 3 is 2.68 bits per heavy atom. The Labute approximate surface area is 186 Å². The van der Waals surface area contributed by atoms with Gasteiger partial charge in [-0.3, -0.25) is 4.68 Å². The van der Waals surface area contributed by atoms with Crippen molar-refractivity contribution in [3.8, 4) is 11.1 Å². The van der Waals surface area contributed by atoms with Crippen molar-refractivity contribution in [1.29, 1.82) is 0 Å². The molecule has 5 rings (SSSR count). The number of nitrogen functional groups attached to an aromatic ring is 1. The summed E-state index contributed by atoms with van der Waals surface area (Å²) >= 11 is 5.91. The Morgan fingerprint density at radius 2 is 1.87 bits per heavy atom. The van der Waals surface area contributed by atoms with Crippen molar-refractivity contribution in [2.24, 2.45) is 0 Å². The predicted molar refractivity (Wildman–Crippen MR) is 127 cm³/mol. The largest absolute Gasteiger partial charge is 0.382 e. The Balaban J connectivity index is 0.00000231. The number of hydrogen-bond donors (Lipinski definition) is 1. The third kappa shape index (κ3) is 3.99. The van der Waals surface area contributed by atoms with E-state index in [2.05, 4.69) is 52.7 Å². The maximum absolute atomic E-state index is 6.22. The highest BCUT2D eigenvalue weighted by molar-refractivity contribution is 6.17. The minimum absolute atomic E-state index is 0. The van der Waals surface area contributed by atoms with E-state index in [-0.39, 0.29) is 7.43 Å². The summed E-state index contributed by atoms with van der Waals surface area (Å²) in [7, 11) is 0. The van der Waals surface area contributed by atoms with Gasteiger partial charge >= 0.3 is 0 Å². The van der Waals surface area contributed by atoms with Gasteiger partial charge in [-0.1, -0.05) is 49.9 Å². The third-order valence-corrected chi connectivity index (χ3v) is 5.54. The van der Waals surface area contributed by atoms with Gasteiger partial charge in [-0.05, 0) is 36.1 Å². The molecule has 2 aromatic carbocycles.